The summed E-state index contributed by atoms with van der Waals surface area (Å²) in [5.74, 6) is -1.37. The number of benzene rings is 3. The Labute approximate surface area is 226 Å². The maximum atomic E-state index is 12.9. The summed E-state index contributed by atoms with van der Waals surface area (Å²) in [5.41, 5.74) is -0.397. The van der Waals surface area contributed by atoms with E-state index in [4.69, 9.17) is 23.7 Å². The fourth-order valence-corrected chi connectivity index (χ4v) is 3.73. The van der Waals surface area contributed by atoms with Crippen LogP contribution in [0.15, 0.2) is 72.8 Å². The number of carbonyl (C=O) groups is 4. The van der Waals surface area contributed by atoms with Crippen LogP contribution in [0, 0.1) is 5.41 Å². The fourth-order valence-electron chi connectivity index (χ4n) is 3.73. The van der Waals surface area contributed by atoms with Gasteiger partial charge in [0.2, 0.25) is 0 Å². The van der Waals surface area contributed by atoms with Crippen molar-refractivity contribution in [2.75, 3.05) is 34.0 Å². The smallest absolute Gasteiger partial charge is 0.341 e. The predicted octanol–water partition coefficient (Wildman–Crippen LogP) is 4.78. The van der Waals surface area contributed by atoms with Crippen LogP contribution in [0.1, 0.15) is 54.8 Å². The molecular formula is C30H30O9. The largest absolute Gasteiger partial charge is 0.496 e. The van der Waals surface area contributed by atoms with Gasteiger partial charge < -0.3 is 23.7 Å². The maximum Gasteiger partial charge on any atom is 0.341 e. The number of carbonyl (C=O) groups excluding carboxylic acids is 4. The molecule has 0 bridgehead atoms. The number of hydrogen-bond donors (Lipinski definition) is 0. The molecule has 3 aromatic rings. The minimum atomic E-state index is -1.10. The maximum absolute atomic E-state index is 12.9. The fraction of sp³-hybridized carbons (Fsp3) is 0.267. The quantitative estimate of drug-likeness (QED) is 0.174. The molecule has 0 unspecified atom stereocenters. The molecule has 0 atom stereocenters. The minimum absolute atomic E-state index is 0.0922. The van der Waals surface area contributed by atoms with Crippen molar-refractivity contribution in [2.24, 2.45) is 5.41 Å². The van der Waals surface area contributed by atoms with Crippen molar-refractivity contribution in [3.05, 3.63) is 95.1 Å². The van der Waals surface area contributed by atoms with E-state index in [0.29, 0.717) is 24.2 Å². The molecule has 0 N–H and O–H groups in total. The molecule has 3 aromatic carbocycles. The lowest BCUT2D eigenvalue weighted by atomic mass is 9.87. The molecule has 0 fully saturated rings. The highest BCUT2D eigenvalue weighted by atomic mass is 16.6. The lowest BCUT2D eigenvalue weighted by Crippen LogP contribution is -2.39. The van der Waals surface area contributed by atoms with Crippen LogP contribution in [0.2, 0.25) is 0 Å². The van der Waals surface area contributed by atoms with Crippen LogP contribution in [0.4, 0.5) is 0 Å². The summed E-state index contributed by atoms with van der Waals surface area (Å²) in [6, 6.07) is 19.4. The molecule has 0 saturated carbocycles. The van der Waals surface area contributed by atoms with Gasteiger partial charge in [0.05, 0.1) is 25.2 Å². The Morgan fingerprint density at radius 2 is 1.03 bits per heavy atom. The summed E-state index contributed by atoms with van der Waals surface area (Å²) in [6.45, 7) is 1.07. The van der Waals surface area contributed by atoms with Crippen molar-refractivity contribution in [1.82, 2.24) is 0 Å². The average Bonchev–Trinajstić information content (AvgIpc) is 3.00. The Kier molecular flexibility index (Phi) is 10.2. The van der Waals surface area contributed by atoms with E-state index in [1.165, 1.54) is 26.4 Å². The van der Waals surface area contributed by atoms with Gasteiger partial charge in [0, 0.05) is 5.56 Å². The Bertz CT molecular complexity index is 1250. The topological polar surface area (TPSA) is 114 Å². The average molecular weight is 535 g/mol. The van der Waals surface area contributed by atoms with Crippen molar-refractivity contribution < 1.29 is 42.9 Å². The van der Waals surface area contributed by atoms with E-state index >= 15 is 0 Å². The minimum Gasteiger partial charge on any atom is -0.496 e. The van der Waals surface area contributed by atoms with Gasteiger partial charge in [-0.15, -0.1) is 0 Å². The second kappa shape index (κ2) is 13.8. The van der Waals surface area contributed by atoms with Crippen molar-refractivity contribution in [2.45, 2.75) is 13.3 Å². The summed E-state index contributed by atoms with van der Waals surface area (Å²) in [5, 5.41) is 0. The molecule has 0 amide bonds. The van der Waals surface area contributed by atoms with E-state index in [1.807, 2.05) is 0 Å². The molecule has 0 aliphatic carbocycles. The number of esters is 3. The van der Waals surface area contributed by atoms with Gasteiger partial charge in [-0.05, 0) is 36.8 Å². The summed E-state index contributed by atoms with van der Waals surface area (Å²) in [7, 11) is 2.88. The molecule has 0 saturated heterocycles. The highest BCUT2D eigenvalue weighted by Crippen LogP contribution is 2.28. The summed E-state index contributed by atoms with van der Waals surface area (Å²) < 4.78 is 27.3. The molecule has 0 aromatic heterocycles. The van der Waals surface area contributed by atoms with Crippen LogP contribution in [0.3, 0.4) is 0 Å². The molecule has 0 aliphatic heterocycles. The number of aldehydes is 1. The van der Waals surface area contributed by atoms with Gasteiger partial charge in [-0.2, -0.15) is 0 Å². The molecule has 9 nitrogen and oxygen atoms in total. The first-order valence-corrected chi connectivity index (χ1v) is 12.2. The zero-order valence-electron chi connectivity index (χ0n) is 22.0. The summed E-state index contributed by atoms with van der Waals surface area (Å²) in [4.78, 5) is 50.0. The van der Waals surface area contributed by atoms with Crippen molar-refractivity contribution in [1.29, 1.82) is 0 Å². The van der Waals surface area contributed by atoms with E-state index in [2.05, 4.69) is 0 Å². The highest BCUT2D eigenvalue weighted by molar-refractivity contribution is 5.98. The molecule has 39 heavy (non-hydrogen) atoms. The second-order valence-corrected chi connectivity index (χ2v) is 8.69. The monoisotopic (exact) mass is 534 g/mol. The van der Waals surface area contributed by atoms with Crippen LogP contribution in [0.25, 0.3) is 0 Å². The molecular weight excluding hydrogens is 504 g/mol. The highest BCUT2D eigenvalue weighted by Gasteiger charge is 2.35. The number of methoxy groups -OCH3 is 2. The Balaban J connectivity index is 1.82. The zero-order chi connectivity index (χ0) is 28.3. The second-order valence-electron chi connectivity index (χ2n) is 8.69. The third kappa shape index (κ3) is 7.22. The van der Waals surface area contributed by atoms with Crippen LogP contribution < -0.4 is 9.47 Å². The van der Waals surface area contributed by atoms with Crippen molar-refractivity contribution in [3.63, 3.8) is 0 Å². The van der Waals surface area contributed by atoms with Gasteiger partial charge in [0.25, 0.3) is 0 Å². The molecule has 0 aliphatic rings. The molecule has 0 heterocycles. The Morgan fingerprint density at radius 1 is 0.641 bits per heavy atom. The first kappa shape index (κ1) is 28.9. The number of rotatable bonds is 13. The van der Waals surface area contributed by atoms with Gasteiger partial charge in [0.1, 0.15) is 42.4 Å². The number of hydrogen-bond acceptors (Lipinski definition) is 9. The number of ether oxygens (including phenoxy) is 5. The SMILES string of the molecule is CCC(COC(=O)c1ccccc1C=O)(COC(=O)c1ccccc1OC)COC(=O)c1ccccc1OC. The third-order valence-corrected chi connectivity index (χ3v) is 6.24. The molecule has 0 spiro atoms. The number of para-hydroxylation sites is 2. The van der Waals surface area contributed by atoms with E-state index in [-0.39, 0.29) is 42.1 Å². The van der Waals surface area contributed by atoms with Gasteiger partial charge in [0.15, 0.2) is 6.29 Å². The lowest BCUT2D eigenvalue weighted by molar-refractivity contribution is -0.0383. The normalized spacial score (nSPS) is 10.7. The van der Waals surface area contributed by atoms with Crippen LogP contribution in [0.5, 0.6) is 11.5 Å². The van der Waals surface area contributed by atoms with Crippen LogP contribution in [-0.2, 0) is 14.2 Å². The van der Waals surface area contributed by atoms with E-state index < -0.39 is 23.3 Å². The summed E-state index contributed by atoms with van der Waals surface area (Å²) >= 11 is 0. The Morgan fingerprint density at radius 3 is 1.44 bits per heavy atom. The molecule has 204 valence electrons. The standard InChI is InChI=1S/C30H30O9/c1-4-30(18-37-27(32)22-12-6-5-11-21(22)17-31,19-38-28(33)23-13-7-9-15-25(23)35-2)20-39-29(34)24-14-8-10-16-26(24)36-3/h5-17H,4,18-20H2,1-3H3. The third-order valence-electron chi connectivity index (χ3n) is 6.24. The van der Waals surface area contributed by atoms with Crippen LogP contribution in [-0.4, -0.2) is 58.2 Å². The van der Waals surface area contributed by atoms with Gasteiger partial charge in [-0.25, -0.2) is 14.4 Å². The van der Waals surface area contributed by atoms with Gasteiger partial charge in [-0.1, -0.05) is 49.4 Å². The first-order chi connectivity index (χ1) is 18.9. The lowest BCUT2D eigenvalue weighted by Gasteiger charge is -2.31. The van der Waals surface area contributed by atoms with E-state index in [1.54, 1.807) is 67.6 Å². The zero-order valence-corrected chi connectivity index (χ0v) is 22.0. The predicted molar refractivity (Wildman–Crippen MR) is 141 cm³/mol. The van der Waals surface area contributed by atoms with Crippen LogP contribution >= 0.6 is 0 Å². The molecule has 9 heteroatoms. The van der Waals surface area contributed by atoms with E-state index in [9.17, 15) is 19.2 Å². The van der Waals surface area contributed by atoms with E-state index in [0.717, 1.165) is 0 Å². The Hall–Kier alpha value is -4.66. The van der Waals surface area contributed by atoms with Gasteiger partial charge >= 0.3 is 17.9 Å². The van der Waals surface area contributed by atoms with Crippen molar-refractivity contribution in [3.8, 4) is 11.5 Å². The van der Waals surface area contributed by atoms with Gasteiger partial charge in [-0.3, -0.25) is 4.79 Å². The first-order valence-electron chi connectivity index (χ1n) is 12.2. The molecule has 3 rings (SSSR count). The molecule has 0 radical (unpaired) electrons. The summed E-state index contributed by atoms with van der Waals surface area (Å²) in [6.07, 6.45) is 0.877. The van der Waals surface area contributed by atoms with Crippen molar-refractivity contribution >= 4 is 24.2 Å².